The molecule has 1 aliphatic carbocycles. The lowest BCUT2D eigenvalue weighted by Gasteiger charge is -2.31. The number of nitrogens with one attached hydrogen (secondary N) is 1. The van der Waals surface area contributed by atoms with Crippen LogP contribution in [0.2, 0.25) is 0 Å². The molecule has 0 radical (unpaired) electrons. The van der Waals surface area contributed by atoms with E-state index in [1.807, 2.05) is 6.20 Å². The Hall–Kier alpha value is -0.910. The van der Waals surface area contributed by atoms with Gasteiger partial charge in [0.2, 0.25) is 0 Å². The van der Waals surface area contributed by atoms with Crippen LogP contribution in [0.25, 0.3) is 0 Å². The summed E-state index contributed by atoms with van der Waals surface area (Å²) in [5, 5.41) is 3.73. The van der Waals surface area contributed by atoms with Crippen molar-refractivity contribution in [2.24, 2.45) is 5.41 Å². The molecule has 5 heteroatoms. The lowest BCUT2D eigenvalue weighted by molar-refractivity contribution is 0.0282. The second-order valence-corrected chi connectivity index (χ2v) is 6.80. The van der Waals surface area contributed by atoms with Gasteiger partial charge in [-0.25, -0.2) is 4.98 Å². The molecule has 0 bridgehead atoms. The number of aryl methyl sites for hydroxylation is 1. The highest BCUT2D eigenvalue weighted by atomic mass is 16.5. The molecule has 5 nitrogen and oxygen atoms in total. The second kappa shape index (κ2) is 6.46. The molecule has 21 heavy (non-hydrogen) atoms. The molecule has 2 heterocycles. The zero-order valence-electron chi connectivity index (χ0n) is 13.3. The Morgan fingerprint density at radius 3 is 2.76 bits per heavy atom. The third-order valence-electron chi connectivity index (χ3n) is 4.84. The number of hydrogen-bond donors (Lipinski definition) is 1. The van der Waals surface area contributed by atoms with Crippen molar-refractivity contribution in [3.05, 3.63) is 18.2 Å². The zero-order valence-corrected chi connectivity index (χ0v) is 13.3. The van der Waals surface area contributed by atoms with Crippen molar-refractivity contribution < 1.29 is 4.74 Å². The summed E-state index contributed by atoms with van der Waals surface area (Å²) in [6, 6.07) is 0.486. The van der Waals surface area contributed by atoms with E-state index in [2.05, 4.69) is 39.8 Å². The van der Waals surface area contributed by atoms with Crippen molar-refractivity contribution in [1.29, 1.82) is 0 Å². The number of morpholine rings is 1. The van der Waals surface area contributed by atoms with Crippen LogP contribution >= 0.6 is 0 Å². The van der Waals surface area contributed by atoms with E-state index in [1.165, 1.54) is 19.4 Å². The first-order valence-corrected chi connectivity index (χ1v) is 8.18. The maximum absolute atomic E-state index is 5.44. The predicted molar refractivity (Wildman–Crippen MR) is 83.4 cm³/mol. The fraction of sp³-hybridized carbons (Fsp3) is 0.812. The van der Waals surface area contributed by atoms with Crippen molar-refractivity contribution in [3.63, 3.8) is 0 Å². The minimum absolute atomic E-state index is 0.486. The van der Waals surface area contributed by atoms with E-state index < -0.39 is 0 Å². The highest BCUT2D eigenvalue weighted by Crippen LogP contribution is 2.45. The van der Waals surface area contributed by atoms with Gasteiger partial charge in [-0.05, 0) is 32.1 Å². The Morgan fingerprint density at radius 1 is 1.38 bits per heavy atom. The van der Waals surface area contributed by atoms with Crippen LogP contribution in [-0.4, -0.2) is 59.9 Å². The predicted octanol–water partition coefficient (Wildman–Crippen LogP) is 1.28. The summed E-state index contributed by atoms with van der Waals surface area (Å²) in [6.07, 6.45) is 6.68. The number of nitrogens with zero attached hydrogens (tertiary/aromatic N) is 3. The first-order chi connectivity index (χ1) is 10.2. The summed E-state index contributed by atoms with van der Waals surface area (Å²) >= 11 is 0. The Morgan fingerprint density at radius 2 is 2.14 bits per heavy atom. The Labute approximate surface area is 127 Å². The molecule has 1 saturated carbocycles. The first-order valence-electron chi connectivity index (χ1n) is 8.18. The molecule has 1 aromatic rings. The molecule has 0 aromatic carbocycles. The van der Waals surface area contributed by atoms with Crippen molar-refractivity contribution >= 4 is 0 Å². The molecule has 1 N–H and O–H groups in total. The van der Waals surface area contributed by atoms with Gasteiger partial charge in [0.05, 0.1) is 13.2 Å². The van der Waals surface area contributed by atoms with E-state index in [0.717, 1.165) is 45.2 Å². The van der Waals surface area contributed by atoms with Crippen LogP contribution in [0.3, 0.4) is 0 Å². The van der Waals surface area contributed by atoms with Crippen molar-refractivity contribution in [3.8, 4) is 0 Å². The van der Waals surface area contributed by atoms with E-state index in [9.17, 15) is 0 Å². The molecule has 1 atom stereocenters. The van der Waals surface area contributed by atoms with Gasteiger partial charge in [-0.3, -0.25) is 4.90 Å². The van der Waals surface area contributed by atoms with Crippen molar-refractivity contribution in [2.45, 2.75) is 39.3 Å². The third-order valence-corrected chi connectivity index (χ3v) is 4.84. The van der Waals surface area contributed by atoms with Gasteiger partial charge in [0.15, 0.2) is 0 Å². The van der Waals surface area contributed by atoms with E-state index in [4.69, 9.17) is 4.74 Å². The van der Waals surface area contributed by atoms with Gasteiger partial charge in [-0.2, -0.15) is 0 Å². The summed E-state index contributed by atoms with van der Waals surface area (Å²) in [4.78, 5) is 6.86. The van der Waals surface area contributed by atoms with Gasteiger partial charge in [-0.1, -0.05) is 0 Å². The third kappa shape index (κ3) is 4.05. The normalized spacial score (nSPS) is 23.1. The Balaban J connectivity index is 1.42. The molecule has 1 saturated heterocycles. The van der Waals surface area contributed by atoms with E-state index in [-0.39, 0.29) is 0 Å². The highest BCUT2D eigenvalue weighted by molar-refractivity contribution is 4.98. The summed E-state index contributed by atoms with van der Waals surface area (Å²) < 4.78 is 7.66. The zero-order chi connectivity index (χ0) is 14.7. The van der Waals surface area contributed by atoms with Gasteiger partial charge in [0, 0.05) is 51.2 Å². The second-order valence-electron chi connectivity index (χ2n) is 6.80. The monoisotopic (exact) mass is 292 g/mol. The minimum Gasteiger partial charge on any atom is -0.379 e. The fourth-order valence-corrected chi connectivity index (χ4v) is 3.15. The summed E-state index contributed by atoms with van der Waals surface area (Å²) in [7, 11) is 0. The van der Waals surface area contributed by atoms with Gasteiger partial charge in [0.25, 0.3) is 0 Å². The van der Waals surface area contributed by atoms with Crippen LogP contribution in [0.15, 0.2) is 12.4 Å². The first kappa shape index (κ1) is 15.0. The Kier molecular flexibility index (Phi) is 4.62. The summed E-state index contributed by atoms with van der Waals surface area (Å²) in [5.74, 6) is 1.10. The lowest BCUT2D eigenvalue weighted by Crippen LogP contribution is -2.44. The van der Waals surface area contributed by atoms with Crippen molar-refractivity contribution in [2.75, 3.05) is 39.4 Å². The van der Waals surface area contributed by atoms with E-state index >= 15 is 0 Å². The molecule has 2 fully saturated rings. The molecular formula is C16H28N4O. The standard InChI is InChI=1S/C16H28N4O/c1-14(11-20-6-5-17-15(20)2)18-12-16(3-4-16)13-19-7-9-21-10-8-19/h5-6,14,18H,3-4,7-13H2,1-2H3/t14-/m0/s1. The molecule has 3 rings (SSSR count). The number of ether oxygens (including phenoxy) is 1. The topological polar surface area (TPSA) is 42.3 Å². The molecule has 0 amide bonds. The Bertz CT molecular complexity index is 449. The van der Waals surface area contributed by atoms with Crippen LogP contribution in [0.4, 0.5) is 0 Å². The largest absolute Gasteiger partial charge is 0.379 e. The molecule has 0 unspecified atom stereocenters. The number of hydrogen-bond acceptors (Lipinski definition) is 4. The lowest BCUT2D eigenvalue weighted by atomic mass is 10.1. The van der Waals surface area contributed by atoms with Crippen LogP contribution < -0.4 is 5.32 Å². The van der Waals surface area contributed by atoms with Crippen LogP contribution in [-0.2, 0) is 11.3 Å². The maximum atomic E-state index is 5.44. The maximum Gasteiger partial charge on any atom is 0.105 e. The molecule has 1 aliphatic heterocycles. The number of aromatic nitrogens is 2. The SMILES string of the molecule is Cc1nccn1C[C@H](C)NCC1(CN2CCOCC2)CC1. The molecule has 0 spiro atoms. The van der Waals surface area contributed by atoms with Crippen molar-refractivity contribution in [1.82, 2.24) is 19.8 Å². The van der Waals surface area contributed by atoms with Gasteiger partial charge < -0.3 is 14.6 Å². The molecular weight excluding hydrogens is 264 g/mol. The van der Waals surface area contributed by atoms with Gasteiger partial charge in [0.1, 0.15) is 5.82 Å². The van der Waals surface area contributed by atoms with Crippen LogP contribution in [0.1, 0.15) is 25.6 Å². The fourth-order valence-electron chi connectivity index (χ4n) is 3.15. The summed E-state index contributed by atoms with van der Waals surface area (Å²) in [6.45, 7) is 11.7. The molecule has 1 aromatic heterocycles. The quantitative estimate of drug-likeness (QED) is 0.822. The average Bonchev–Trinajstić information content (AvgIpc) is 3.14. The van der Waals surface area contributed by atoms with Crippen LogP contribution in [0, 0.1) is 12.3 Å². The van der Waals surface area contributed by atoms with Gasteiger partial charge in [-0.15, -0.1) is 0 Å². The van der Waals surface area contributed by atoms with Gasteiger partial charge >= 0.3 is 0 Å². The van der Waals surface area contributed by atoms with E-state index in [0.29, 0.717) is 11.5 Å². The smallest absolute Gasteiger partial charge is 0.105 e. The average molecular weight is 292 g/mol. The molecule has 118 valence electrons. The number of imidazole rings is 1. The molecule has 2 aliphatic rings. The highest BCUT2D eigenvalue weighted by Gasteiger charge is 2.43. The number of rotatable bonds is 7. The summed E-state index contributed by atoms with van der Waals surface area (Å²) in [5.41, 5.74) is 0.523. The minimum atomic E-state index is 0.486. The van der Waals surface area contributed by atoms with Crippen LogP contribution in [0.5, 0.6) is 0 Å². The van der Waals surface area contributed by atoms with E-state index in [1.54, 1.807) is 0 Å².